The molecule has 0 fully saturated rings. The molecule has 2 aromatic rings. The minimum Gasteiger partial charge on any atom is -0.477 e. The van der Waals surface area contributed by atoms with E-state index in [2.05, 4.69) is 0 Å². The molecule has 0 saturated heterocycles. The predicted molar refractivity (Wildman–Crippen MR) is 61.6 cm³/mol. The van der Waals surface area contributed by atoms with Crippen LogP contribution < -0.4 is 0 Å². The van der Waals surface area contributed by atoms with Gasteiger partial charge in [0.05, 0.1) is 6.04 Å². The van der Waals surface area contributed by atoms with E-state index in [9.17, 15) is 9.18 Å². The maximum atomic E-state index is 13.6. The Hall–Kier alpha value is -2.10. The van der Waals surface area contributed by atoms with Gasteiger partial charge in [-0.1, -0.05) is 30.3 Å². The van der Waals surface area contributed by atoms with Crippen molar-refractivity contribution in [3.63, 3.8) is 0 Å². The SMILES string of the molecule is CC(c1ccccc1)n1c(F)ccc1C(=O)O. The fraction of sp³-hybridized carbons (Fsp3) is 0.154. The monoisotopic (exact) mass is 233 g/mol. The van der Waals surface area contributed by atoms with Crippen molar-refractivity contribution >= 4 is 5.97 Å². The summed E-state index contributed by atoms with van der Waals surface area (Å²) in [4.78, 5) is 11.0. The molecule has 0 aliphatic heterocycles. The van der Waals surface area contributed by atoms with Gasteiger partial charge in [0.25, 0.3) is 0 Å². The molecule has 17 heavy (non-hydrogen) atoms. The fourth-order valence-electron chi connectivity index (χ4n) is 1.87. The van der Waals surface area contributed by atoms with Crippen molar-refractivity contribution in [2.24, 2.45) is 0 Å². The summed E-state index contributed by atoms with van der Waals surface area (Å²) < 4.78 is 14.8. The van der Waals surface area contributed by atoms with Crippen LogP contribution in [0, 0.1) is 5.95 Å². The quantitative estimate of drug-likeness (QED) is 0.885. The van der Waals surface area contributed by atoms with Gasteiger partial charge in [0, 0.05) is 0 Å². The summed E-state index contributed by atoms with van der Waals surface area (Å²) in [5, 5.41) is 8.99. The molecule has 1 atom stereocenters. The van der Waals surface area contributed by atoms with Crippen LogP contribution >= 0.6 is 0 Å². The highest BCUT2D eigenvalue weighted by Gasteiger charge is 2.19. The zero-order valence-corrected chi connectivity index (χ0v) is 9.30. The molecule has 88 valence electrons. The van der Waals surface area contributed by atoms with Gasteiger partial charge >= 0.3 is 5.97 Å². The minimum absolute atomic E-state index is 0.0427. The van der Waals surface area contributed by atoms with Gasteiger partial charge in [0.2, 0.25) is 0 Å². The zero-order valence-electron chi connectivity index (χ0n) is 9.30. The first kappa shape index (κ1) is 11.4. The van der Waals surface area contributed by atoms with Crippen LogP contribution in [0.4, 0.5) is 4.39 Å². The largest absolute Gasteiger partial charge is 0.477 e. The average molecular weight is 233 g/mol. The van der Waals surface area contributed by atoms with Crippen LogP contribution in [0.25, 0.3) is 0 Å². The van der Waals surface area contributed by atoms with Crippen molar-refractivity contribution in [2.75, 3.05) is 0 Å². The van der Waals surface area contributed by atoms with Crippen LogP contribution in [-0.4, -0.2) is 15.6 Å². The second-order valence-corrected chi connectivity index (χ2v) is 3.80. The van der Waals surface area contributed by atoms with E-state index in [1.165, 1.54) is 16.7 Å². The highest BCUT2D eigenvalue weighted by molar-refractivity contribution is 5.86. The number of carboxylic acid groups (broad SMARTS) is 1. The lowest BCUT2D eigenvalue weighted by Crippen LogP contribution is -2.15. The van der Waals surface area contributed by atoms with Crippen LogP contribution in [0.2, 0.25) is 0 Å². The standard InChI is InChI=1S/C13H12FNO2/c1-9(10-5-3-2-4-6-10)15-11(13(16)17)7-8-12(15)14/h2-9H,1H3,(H,16,17). The summed E-state index contributed by atoms with van der Waals surface area (Å²) in [6, 6.07) is 11.3. The number of carboxylic acids is 1. The van der Waals surface area contributed by atoms with Crippen molar-refractivity contribution in [1.29, 1.82) is 0 Å². The number of rotatable bonds is 3. The van der Waals surface area contributed by atoms with Crippen molar-refractivity contribution in [3.8, 4) is 0 Å². The van der Waals surface area contributed by atoms with E-state index in [0.29, 0.717) is 0 Å². The van der Waals surface area contributed by atoms with Crippen molar-refractivity contribution < 1.29 is 14.3 Å². The maximum Gasteiger partial charge on any atom is 0.352 e. The van der Waals surface area contributed by atoms with Gasteiger partial charge in [0.15, 0.2) is 5.95 Å². The average Bonchev–Trinajstić information content (AvgIpc) is 2.71. The first-order valence-electron chi connectivity index (χ1n) is 5.26. The van der Waals surface area contributed by atoms with Crippen LogP contribution in [0.5, 0.6) is 0 Å². The number of benzene rings is 1. The minimum atomic E-state index is -1.13. The Bertz CT molecular complexity index is 534. The Morgan fingerprint density at radius 1 is 1.24 bits per heavy atom. The first-order valence-corrected chi connectivity index (χ1v) is 5.26. The Morgan fingerprint density at radius 2 is 1.88 bits per heavy atom. The molecule has 3 nitrogen and oxygen atoms in total. The molecule has 0 spiro atoms. The van der Waals surface area contributed by atoms with Crippen molar-refractivity contribution in [2.45, 2.75) is 13.0 Å². The number of aromatic nitrogens is 1. The summed E-state index contributed by atoms with van der Waals surface area (Å²) in [5.74, 6) is -1.67. The molecule has 0 aliphatic carbocycles. The van der Waals surface area contributed by atoms with Crippen molar-refractivity contribution in [3.05, 3.63) is 59.7 Å². The maximum absolute atomic E-state index is 13.6. The van der Waals surface area contributed by atoms with Gasteiger partial charge in [-0.05, 0) is 24.6 Å². The van der Waals surface area contributed by atoms with E-state index in [-0.39, 0.29) is 11.7 Å². The van der Waals surface area contributed by atoms with Crippen LogP contribution in [0.3, 0.4) is 0 Å². The highest BCUT2D eigenvalue weighted by Crippen LogP contribution is 2.22. The molecule has 0 radical (unpaired) electrons. The molecule has 2 rings (SSSR count). The van der Waals surface area contributed by atoms with E-state index >= 15 is 0 Å². The molecule has 1 heterocycles. The lowest BCUT2D eigenvalue weighted by molar-refractivity contribution is 0.0682. The second kappa shape index (κ2) is 4.41. The van der Waals surface area contributed by atoms with E-state index in [1.54, 1.807) is 6.92 Å². The van der Waals surface area contributed by atoms with E-state index in [0.717, 1.165) is 5.56 Å². The molecule has 1 aromatic carbocycles. The third-order valence-electron chi connectivity index (χ3n) is 2.76. The van der Waals surface area contributed by atoms with Gasteiger partial charge < -0.3 is 9.67 Å². The lowest BCUT2D eigenvalue weighted by atomic mass is 10.1. The highest BCUT2D eigenvalue weighted by atomic mass is 19.1. The van der Waals surface area contributed by atoms with Crippen LogP contribution in [-0.2, 0) is 0 Å². The number of nitrogens with zero attached hydrogens (tertiary/aromatic N) is 1. The normalized spacial score (nSPS) is 12.4. The number of carbonyl (C=O) groups is 1. The molecule has 1 N–H and O–H groups in total. The van der Waals surface area contributed by atoms with Gasteiger partial charge in [-0.2, -0.15) is 4.39 Å². The molecular formula is C13H12FNO2. The number of halogens is 1. The number of aromatic carboxylic acids is 1. The summed E-state index contributed by atoms with van der Waals surface area (Å²) in [6.07, 6.45) is 0. The lowest BCUT2D eigenvalue weighted by Gasteiger charge is -2.16. The van der Waals surface area contributed by atoms with Crippen LogP contribution in [0.15, 0.2) is 42.5 Å². The Balaban J connectivity index is 2.47. The molecule has 0 amide bonds. The number of hydrogen-bond donors (Lipinski definition) is 1. The third-order valence-corrected chi connectivity index (χ3v) is 2.76. The molecule has 0 aliphatic rings. The first-order chi connectivity index (χ1) is 8.11. The summed E-state index contributed by atoms with van der Waals surface area (Å²) in [6.45, 7) is 1.77. The van der Waals surface area contributed by atoms with Gasteiger partial charge in [-0.15, -0.1) is 0 Å². The Morgan fingerprint density at radius 3 is 2.47 bits per heavy atom. The summed E-state index contributed by atoms with van der Waals surface area (Å²) >= 11 is 0. The third kappa shape index (κ3) is 2.06. The smallest absolute Gasteiger partial charge is 0.352 e. The topological polar surface area (TPSA) is 42.2 Å². The fourth-order valence-corrected chi connectivity index (χ4v) is 1.87. The molecule has 0 bridgehead atoms. The zero-order chi connectivity index (χ0) is 12.4. The molecule has 1 aromatic heterocycles. The van der Waals surface area contributed by atoms with Gasteiger partial charge in [0.1, 0.15) is 5.69 Å². The summed E-state index contributed by atoms with van der Waals surface area (Å²) in [5.41, 5.74) is 0.823. The molecule has 0 saturated carbocycles. The summed E-state index contributed by atoms with van der Waals surface area (Å²) in [7, 11) is 0. The Labute approximate surface area is 98.1 Å². The van der Waals surface area contributed by atoms with E-state index in [4.69, 9.17) is 5.11 Å². The van der Waals surface area contributed by atoms with Gasteiger partial charge in [-0.25, -0.2) is 4.79 Å². The number of hydrogen-bond acceptors (Lipinski definition) is 1. The predicted octanol–water partition coefficient (Wildman–Crippen LogP) is 2.93. The van der Waals surface area contributed by atoms with E-state index in [1.807, 2.05) is 30.3 Å². The second-order valence-electron chi connectivity index (χ2n) is 3.80. The molecular weight excluding hydrogens is 221 g/mol. The van der Waals surface area contributed by atoms with Crippen LogP contribution in [0.1, 0.15) is 29.0 Å². The van der Waals surface area contributed by atoms with Crippen molar-refractivity contribution in [1.82, 2.24) is 4.57 Å². The molecule has 1 unspecified atom stereocenters. The van der Waals surface area contributed by atoms with E-state index < -0.39 is 11.9 Å². The Kier molecular flexibility index (Phi) is 2.95. The van der Waals surface area contributed by atoms with Gasteiger partial charge in [-0.3, -0.25) is 0 Å². The molecule has 4 heteroatoms.